The van der Waals surface area contributed by atoms with E-state index in [2.05, 4.69) is 10.3 Å². The van der Waals surface area contributed by atoms with Crippen LogP contribution in [0.2, 0.25) is 0 Å². The lowest BCUT2D eigenvalue weighted by Gasteiger charge is -2.27. The number of carbonyl (C=O) groups is 1. The van der Waals surface area contributed by atoms with Gasteiger partial charge in [-0.25, -0.2) is 4.98 Å². The number of fused-ring (bicyclic) bond motifs is 2. The average Bonchev–Trinajstić information content (AvgIpc) is 3.09. The monoisotopic (exact) mass is 273 g/mol. The van der Waals surface area contributed by atoms with Crippen LogP contribution in [0.5, 0.6) is 0 Å². The van der Waals surface area contributed by atoms with Gasteiger partial charge in [0.25, 0.3) is 5.91 Å². The summed E-state index contributed by atoms with van der Waals surface area (Å²) >= 11 is 0. The van der Waals surface area contributed by atoms with E-state index in [1.807, 2.05) is 24.1 Å². The molecule has 3 unspecified atom stereocenters. The molecule has 1 aromatic heterocycles. The molecule has 3 rings (SSSR count). The highest BCUT2D eigenvalue weighted by molar-refractivity contribution is 5.98. The summed E-state index contributed by atoms with van der Waals surface area (Å²) in [5.41, 5.74) is 0.667. The summed E-state index contributed by atoms with van der Waals surface area (Å²) in [7, 11) is 3.72. The normalized spacial score (nSPS) is 27.6. The van der Waals surface area contributed by atoms with E-state index in [-0.39, 0.29) is 5.91 Å². The Bertz CT molecular complexity index is 502. The van der Waals surface area contributed by atoms with Gasteiger partial charge in [0, 0.05) is 26.8 Å². The summed E-state index contributed by atoms with van der Waals surface area (Å²) in [6.07, 6.45) is 7.19. The second-order valence-electron chi connectivity index (χ2n) is 6.27. The standard InChI is InChI=1S/C16H23N3O/c1-17-15-14(4-3-7-18-15)16(20)19(2)10-13-9-11-5-6-12(13)8-11/h3-4,7,11-13H,5-6,8-10H2,1-2H3,(H,17,18). The highest BCUT2D eigenvalue weighted by Gasteiger charge is 2.40. The summed E-state index contributed by atoms with van der Waals surface area (Å²) in [5.74, 6) is 3.23. The van der Waals surface area contributed by atoms with Gasteiger partial charge in [-0.3, -0.25) is 4.79 Å². The molecule has 0 radical (unpaired) electrons. The Morgan fingerprint density at radius 3 is 2.95 bits per heavy atom. The zero-order valence-electron chi connectivity index (χ0n) is 12.3. The van der Waals surface area contributed by atoms with Crippen LogP contribution in [-0.4, -0.2) is 36.4 Å². The van der Waals surface area contributed by atoms with Crippen LogP contribution in [0.25, 0.3) is 0 Å². The van der Waals surface area contributed by atoms with Gasteiger partial charge in [-0.15, -0.1) is 0 Å². The molecule has 1 heterocycles. The fraction of sp³-hybridized carbons (Fsp3) is 0.625. The molecule has 2 saturated carbocycles. The molecule has 2 aliphatic rings. The van der Waals surface area contributed by atoms with Crippen LogP contribution in [0, 0.1) is 17.8 Å². The number of nitrogens with one attached hydrogen (secondary N) is 1. The van der Waals surface area contributed by atoms with Crippen molar-refractivity contribution in [3.05, 3.63) is 23.9 Å². The Labute approximate surface area is 120 Å². The third-order valence-electron chi connectivity index (χ3n) is 5.01. The first-order valence-electron chi connectivity index (χ1n) is 7.57. The average molecular weight is 273 g/mol. The molecule has 0 saturated heterocycles. The molecule has 2 fully saturated rings. The fourth-order valence-electron chi connectivity index (χ4n) is 4.02. The molecule has 4 nitrogen and oxygen atoms in total. The number of pyridine rings is 1. The summed E-state index contributed by atoms with van der Waals surface area (Å²) in [4.78, 5) is 18.7. The molecule has 1 aromatic rings. The first-order chi connectivity index (χ1) is 9.69. The van der Waals surface area contributed by atoms with Crippen LogP contribution < -0.4 is 5.32 Å². The van der Waals surface area contributed by atoms with Crippen LogP contribution in [-0.2, 0) is 0 Å². The van der Waals surface area contributed by atoms with Gasteiger partial charge in [-0.1, -0.05) is 6.42 Å². The minimum atomic E-state index is 0.0743. The molecule has 2 aliphatic carbocycles. The molecule has 108 valence electrons. The van der Waals surface area contributed by atoms with E-state index in [0.29, 0.717) is 17.3 Å². The van der Waals surface area contributed by atoms with Crippen molar-refractivity contribution in [1.29, 1.82) is 0 Å². The summed E-state index contributed by atoms with van der Waals surface area (Å²) in [6.45, 7) is 0.887. The van der Waals surface area contributed by atoms with Crippen molar-refractivity contribution in [3.8, 4) is 0 Å². The highest BCUT2D eigenvalue weighted by atomic mass is 16.2. The largest absolute Gasteiger partial charge is 0.372 e. The first-order valence-corrected chi connectivity index (χ1v) is 7.57. The van der Waals surface area contributed by atoms with E-state index in [0.717, 1.165) is 18.4 Å². The van der Waals surface area contributed by atoms with Crippen LogP contribution in [0.15, 0.2) is 18.3 Å². The predicted octanol–water partition coefficient (Wildman–Crippen LogP) is 2.63. The van der Waals surface area contributed by atoms with Crippen molar-refractivity contribution in [2.24, 2.45) is 17.8 Å². The van der Waals surface area contributed by atoms with Crippen LogP contribution in [0.3, 0.4) is 0 Å². The molecule has 1 N–H and O–H groups in total. The maximum absolute atomic E-state index is 12.6. The van der Waals surface area contributed by atoms with Gasteiger partial charge in [0.2, 0.25) is 0 Å². The van der Waals surface area contributed by atoms with Crippen LogP contribution in [0.4, 0.5) is 5.82 Å². The zero-order valence-corrected chi connectivity index (χ0v) is 12.3. The number of hydrogen-bond donors (Lipinski definition) is 1. The Morgan fingerprint density at radius 1 is 1.45 bits per heavy atom. The lowest BCUT2D eigenvalue weighted by atomic mass is 9.88. The minimum Gasteiger partial charge on any atom is -0.372 e. The molecule has 20 heavy (non-hydrogen) atoms. The van der Waals surface area contributed by atoms with E-state index in [1.165, 1.54) is 25.7 Å². The number of hydrogen-bond acceptors (Lipinski definition) is 3. The van der Waals surface area contributed by atoms with Crippen molar-refractivity contribution in [3.63, 3.8) is 0 Å². The number of aromatic nitrogens is 1. The fourth-order valence-corrected chi connectivity index (χ4v) is 4.02. The van der Waals surface area contributed by atoms with Gasteiger partial charge in [0.15, 0.2) is 0 Å². The summed E-state index contributed by atoms with van der Waals surface area (Å²) in [5, 5.41) is 2.99. The molecule has 0 spiro atoms. The molecule has 4 heteroatoms. The topological polar surface area (TPSA) is 45.2 Å². The molecule has 1 amide bonds. The summed E-state index contributed by atoms with van der Waals surface area (Å²) in [6, 6.07) is 3.66. The van der Waals surface area contributed by atoms with Crippen molar-refractivity contribution >= 4 is 11.7 Å². The van der Waals surface area contributed by atoms with Crippen LogP contribution in [0.1, 0.15) is 36.0 Å². The smallest absolute Gasteiger partial charge is 0.257 e. The number of amides is 1. The summed E-state index contributed by atoms with van der Waals surface area (Å²) < 4.78 is 0. The van der Waals surface area contributed by atoms with Gasteiger partial charge in [-0.2, -0.15) is 0 Å². The molecule has 2 bridgehead atoms. The lowest BCUT2D eigenvalue weighted by molar-refractivity contribution is 0.0755. The molecule has 0 aromatic carbocycles. The Balaban J connectivity index is 1.67. The molecule has 3 atom stereocenters. The van der Waals surface area contributed by atoms with Crippen molar-refractivity contribution < 1.29 is 4.79 Å². The third kappa shape index (κ3) is 2.39. The SMILES string of the molecule is CNc1ncccc1C(=O)N(C)CC1CC2CCC1C2. The van der Waals surface area contributed by atoms with Gasteiger partial charge >= 0.3 is 0 Å². The minimum absolute atomic E-state index is 0.0743. The van der Waals surface area contributed by atoms with Crippen molar-refractivity contribution in [2.75, 3.05) is 26.0 Å². The van der Waals surface area contributed by atoms with Gasteiger partial charge in [0.05, 0.1) is 5.56 Å². The quantitative estimate of drug-likeness (QED) is 0.917. The van der Waals surface area contributed by atoms with E-state index >= 15 is 0 Å². The predicted molar refractivity (Wildman–Crippen MR) is 79.7 cm³/mol. The van der Waals surface area contributed by atoms with E-state index < -0.39 is 0 Å². The first kappa shape index (κ1) is 13.4. The Hall–Kier alpha value is -1.58. The van der Waals surface area contributed by atoms with Crippen LogP contribution >= 0.6 is 0 Å². The third-order valence-corrected chi connectivity index (χ3v) is 5.01. The lowest BCUT2D eigenvalue weighted by Crippen LogP contribution is -2.34. The number of carbonyl (C=O) groups excluding carboxylic acids is 1. The zero-order chi connectivity index (χ0) is 14.1. The van der Waals surface area contributed by atoms with Gasteiger partial charge < -0.3 is 10.2 Å². The number of rotatable bonds is 4. The molecule has 0 aliphatic heterocycles. The highest BCUT2D eigenvalue weighted by Crippen LogP contribution is 2.48. The maximum atomic E-state index is 12.6. The molecular formula is C16H23N3O. The van der Waals surface area contributed by atoms with Gasteiger partial charge in [0.1, 0.15) is 5.82 Å². The van der Waals surface area contributed by atoms with E-state index in [4.69, 9.17) is 0 Å². The maximum Gasteiger partial charge on any atom is 0.257 e. The van der Waals surface area contributed by atoms with Crippen molar-refractivity contribution in [2.45, 2.75) is 25.7 Å². The van der Waals surface area contributed by atoms with E-state index in [9.17, 15) is 4.79 Å². The second-order valence-corrected chi connectivity index (χ2v) is 6.27. The second kappa shape index (κ2) is 5.43. The Kier molecular flexibility index (Phi) is 3.64. The number of nitrogens with zero attached hydrogens (tertiary/aromatic N) is 2. The van der Waals surface area contributed by atoms with E-state index in [1.54, 1.807) is 13.2 Å². The Morgan fingerprint density at radius 2 is 2.30 bits per heavy atom. The van der Waals surface area contributed by atoms with Crippen molar-refractivity contribution in [1.82, 2.24) is 9.88 Å². The number of anilines is 1. The molecular weight excluding hydrogens is 250 g/mol. The van der Waals surface area contributed by atoms with Gasteiger partial charge in [-0.05, 0) is 49.1 Å².